The van der Waals surface area contributed by atoms with E-state index in [0.29, 0.717) is 18.8 Å². The second-order valence-electron chi connectivity index (χ2n) is 6.48. The third-order valence-corrected chi connectivity index (χ3v) is 3.51. The Morgan fingerprint density at radius 3 is 2.68 bits per heavy atom. The van der Waals surface area contributed by atoms with E-state index in [9.17, 15) is 9.90 Å². The number of ether oxygens (including phenoxy) is 1. The fourth-order valence-corrected chi connectivity index (χ4v) is 2.46. The van der Waals surface area contributed by atoms with Gasteiger partial charge in [-0.2, -0.15) is 0 Å². The van der Waals surface area contributed by atoms with Gasteiger partial charge in [0.2, 0.25) is 0 Å². The van der Waals surface area contributed by atoms with E-state index in [-0.39, 0.29) is 12.7 Å². The first kappa shape index (κ1) is 16.4. The number of aliphatic hydroxyl groups excluding tert-OH is 1. The molecule has 5 heteroatoms. The molecule has 1 aliphatic rings. The van der Waals surface area contributed by atoms with Gasteiger partial charge in [-0.15, -0.1) is 0 Å². The summed E-state index contributed by atoms with van der Waals surface area (Å²) in [5, 5.41) is 9.47. The van der Waals surface area contributed by atoms with Gasteiger partial charge in [0.05, 0.1) is 6.61 Å². The molecule has 2 rings (SSSR count). The first-order valence-electron chi connectivity index (χ1n) is 7.47. The van der Waals surface area contributed by atoms with Gasteiger partial charge in [0.25, 0.3) is 0 Å². The molecule has 22 heavy (non-hydrogen) atoms. The number of anilines is 1. The summed E-state index contributed by atoms with van der Waals surface area (Å²) < 4.78 is 5.38. The van der Waals surface area contributed by atoms with Gasteiger partial charge in [-0.1, -0.05) is 12.1 Å². The summed E-state index contributed by atoms with van der Waals surface area (Å²) >= 11 is 0. The topological polar surface area (TPSA) is 75.8 Å². The standard InChI is InChI=1S/C17H24N2O3/c1-17(2,3)22-16(21)19-8-6-12(7-9-19)15-5-4-14(18)10-13(15)11-20/h4-6,10,20H,7-9,11,18H2,1-3H3. The maximum atomic E-state index is 12.0. The molecular formula is C17H24N2O3. The van der Waals surface area contributed by atoms with Crippen LogP contribution >= 0.6 is 0 Å². The van der Waals surface area contributed by atoms with E-state index in [1.807, 2.05) is 39.0 Å². The van der Waals surface area contributed by atoms with Crippen LogP contribution in [-0.2, 0) is 11.3 Å². The van der Waals surface area contributed by atoms with Crippen LogP contribution in [0.1, 0.15) is 38.3 Å². The average molecular weight is 304 g/mol. The third kappa shape index (κ3) is 4.01. The Morgan fingerprint density at radius 1 is 1.41 bits per heavy atom. The Morgan fingerprint density at radius 2 is 2.14 bits per heavy atom. The van der Waals surface area contributed by atoms with Crippen molar-refractivity contribution in [3.8, 4) is 0 Å². The molecule has 1 aromatic carbocycles. The van der Waals surface area contributed by atoms with Crippen LogP contribution < -0.4 is 5.73 Å². The van der Waals surface area contributed by atoms with Gasteiger partial charge in [-0.25, -0.2) is 4.79 Å². The lowest BCUT2D eigenvalue weighted by molar-refractivity contribution is 0.0270. The molecule has 0 fully saturated rings. The molecule has 0 radical (unpaired) electrons. The molecule has 0 saturated heterocycles. The number of amides is 1. The fourth-order valence-electron chi connectivity index (χ4n) is 2.46. The van der Waals surface area contributed by atoms with Crippen molar-refractivity contribution in [3.05, 3.63) is 35.4 Å². The first-order chi connectivity index (χ1) is 10.3. The molecule has 1 amide bonds. The second kappa shape index (κ2) is 6.40. The minimum absolute atomic E-state index is 0.0481. The van der Waals surface area contributed by atoms with Crippen molar-refractivity contribution in [1.29, 1.82) is 0 Å². The molecule has 1 aliphatic heterocycles. The Bertz CT molecular complexity index is 588. The maximum absolute atomic E-state index is 12.0. The second-order valence-corrected chi connectivity index (χ2v) is 6.48. The minimum Gasteiger partial charge on any atom is -0.444 e. The normalized spacial score (nSPS) is 15.5. The summed E-state index contributed by atoms with van der Waals surface area (Å²) in [5.74, 6) is 0. The number of carbonyl (C=O) groups excluding carboxylic acids is 1. The van der Waals surface area contributed by atoms with E-state index >= 15 is 0 Å². The number of hydrogen-bond donors (Lipinski definition) is 2. The van der Waals surface area contributed by atoms with E-state index in [0.717, 1.165) is 23.1 Å². The quantitative estimate of drug-likeness (QED) is 0.824. The van der Waals surface area contributed by atoms with E-state index in [1.54, 1.807) is 11.0 Å². The number of nitrogens with zero attached hydrogens (tertiary/aromatic N) is 1. The summed E-state index contributed by atoms with van der Waals surface area (Å²) in [6, 6.07) is 5.54. The van der Waals surface area contributed by atoms with Crippen molar-refractivity contribution < 1.29 is 14.6 Å². The van der Waals surface area contributed by atoms with Crippen LogP contribution in [0.5, 0.6) is 0 Å². The van der Waals surface area contributed by atoms with Gasteiger partial charge in [0.1, 0.15) is 5.60 Å². The van der Waals surface area contributed by atoms with E-state index in [2.05, 4.69) is 0 Å². The Kier molecular flexibility index (Phi) is 4.76. The largest absolute Gasteiger partial charge is 0.444 e. The lowest BCUT2D eigenvalue weighted by Gasteiger charge is -2.30. The summed E-state index contributed by atoms with van der Waals surface area (Å²) in [4.78, 5) is 13.7. The molecule has 1 heterocycles. The first-order valence-corrected chi connectivity index (χ1v) is 7.47. The third-order valence-electron chi connectivity index (χ3n) is 3.51. The van der Waals surface area contributed by atoms with Gasteiger partial charge in [0, 0.05) is 18.8 Å². The average Bonchev–Trinajstić information content (AvgIpc) is 2.45. The highest BCUT2D eigenvalue weighted by Gasteiger charge is 2.24. The highest BCUT2D eigenvalue weighted by atomic mass is 16.6. The number of nitrogen functional groups attached to an aromatic ring is 1. The summed E-state index contributed by atoms with van der Waals surface area (Å²) in [7, 11) is 0. The number of hydrogen-bond acceptors (Lipinski definition) is 4. The molecule has 0 aliphatic carbocycles. The number of nitrogens with two attached hydrogens (primary N) is 1. The van der Waals surface area contributed by atoms with Gasteiger partial charge in [-0.05, 0) is 56.0 Å². The van der Waals surface area contributed by atoms with Gasteiger partial charge < -0.3 is 20.5 Å². The lowest BCUT2D eigenvalue weighted by atomic mass is 9.95. The highest BCUT2D eigenvalue weighted by molar-refractivity contribution is 5.74. The zero-order valence-corrected chi connectivity index (χ0v) is 13.4. The molecule has 0 spiro atoms. The van der Waals surface area contributed by atoms with Crippen LogP contribution in [0.15, 0.2) is 24.3 Å². The smallest absolute Gasteiger partial charge is 0.410 e. The van der Waals surface area contributed by atoms with Crippen LogP contribution in [0.2, 0.25) is 0 Å². The van der Waals surface area contributed by atoms with Gasteiger partial charge in [0.15, 0.2) is 0 Å². The van der Waals surface area contributed by atoms with Crippen LogP contribution in [0.4, 0.5) is 10.5 Å². The fraction of sp³-hybridized carbons (Fsp3) is 0.471. The highest BCUT2D eigenvalue weighted by Crippen LogP contribution is 2.27. The number of benzene rings is 1. The zero-order chi connectivity index (χ0) is 16.3. The Labute approximate surface area is 131 Å². The molecule has 0 unspecified atom stereocenters. The van der Waals surface area contributed by atoms with Crippen LogP contribution in [-0.4, -0.2) is 34.8 Å². The lowest BCUT2D eigenvalue weighted by Crippen LogP contribution is -2.39. The Balaban J connectivity index is 2.10. The van der Waals surface area contributed by atoms with Crippen molar-refractivity contribution in [1.82, 2.24) is 4.90 Å². The number of aliphatic hydroxyl groups is 1. The molecule has 0 bridgehead atoms. The Hall–Kier alpha value is -2.01. The maximum Gasteiger partial charge on any atom is 0.410 e. The molecule has 0 aromatic heterocycles. The molecule has 3 N–H and O–H groups in total. The van der Waals surface area contributed by atoms with E-state index in [1.165, 1.54) is 0 Å². The summed E-state index contributed by atoms with van der Waals surface area (Å²) in [6.45, 7) is 6.65. The van der Waals surface area contributed by atoms with Crippen LogP contribution in [0, 0.1) is 0 Å². The monoisotopic (exact) mass is 304 g/mol. The molecule has 0 saturated carbocycles. The minimum atomic E-state index is -0.484. The molecule has 1 aromatic rings. The predicted octanol–water partition coefficient (Wildman–Crippen LogP) is 2.79. The predicted molar refractivity (Wildman–Crippen MR) is 87.2 cm³/mol. The van der Waals surface area contributed by atoms with Crippen LogP contribution in [0.25, 0.3) is 5.57 Å². The molecule has 0 atom stereocenters. The van der Waals surface area contributed by atoms with Crippen molar-refractivity contribution >= 4 is 17.4 Å². The SMILES string of the molecule is CC(C)(C)OC(=O)N1CC=C(c2ccc(N)cc2CO)CC1. The van der Waals surface area contributed by atoms with Crippen molar-refractivity contribution in [3.63, 3.8) is 0 Å². The van der Waals surface area contributed by atoms with Crippen LogP contribution in [0.3, 0.4) is 0 Å². The number of carbonyl (C=O) groups is 1. The molecule has 120 valence electrons. The van der Waals surface area contributed by atoms with Crippen molar-refractivity contribution in [2.75, 3.05) is 18.8 Å². The van der Waals surface area contributed by atoms with E-state index in [4.69, 9.17) is 10.5 Å². The van der Waals surface area contributed by atoms with Crippen molar-refractivity contribution in [2.45, 2.75) is 39.4 Å². The van der Waals surface area contributed by atoms with Crippen molar-refractivity contribution in [2.24, 2.45) is 0 Å². The summed E-state index contributed by atoms with van der Waals surface area (Å²) in [5.41, 5.74) is 8.85. The summed E-state index contributed by atoms with van der Waals surface area (Å²) in [6.07, 6.45) is 2.45. The van der Waals surface area contributed by atoms with Gasteiger partial charge >= 0.3 is 6.09 Å². The molecular weight excluding hydrogens is 280 g/mol. The molecule has 5 nitrogen and oxygen atoms in total. The number of rotatable bonds is 2. The van der Waals surface area contributed by atoms with E-state index < -0.39 is 5.60 Å². The van der Waals surface area contributed by atoms with Gasteiger partial charge in [-0.3, -0.25) is 0 Å². The zero-order valence-electron chi connectivity index (χ0n) is 13.4.